The summed E-state index contributed by atoms with van der Waals surface area (Å²) in [7, 11) is 0. The van der Waals surface area contributed by atoms with Gasteiger partial charge in [0.2, 0.25) is 0 Å². The van der Waals surface area contributed by atoms with Gasteiger partial charge in [0.05, 0.1) is 0 Å². The molecule has 19 heavy (non-hydrogen) atoms. The predicted molar refractivity (Wildman–Crippen MR) is 72.3 cm³/mol. The first kappa shape index (κ1) is 16.8. The van der Waals surface area contributed by atoms with Gasteiger partial charge in [-0.15, -0.1) is 0 Å². The van der Waals surface area contributed by atoms with Crippen LogP contribution in [0.2, 0.25) is 0 Å². The molecule has 114 valence electrons. The molecule has 0 aromatic heterocycles. The Hall–Kier alpha value is -0.290. The first-order chi connectivity index (χ1) is 8.97. The van der Waals surface area contributed by atoms with E-state index < -0.39 is 12.6 Å². The molecule has 0 saturated carbocycles. The fraction of sp³-hybridized carbons (Fsp3) is 1.00. The molecule has 1 unspecified atom stereocenters. The van der Waals surface area contributed by atoms with Gasteiger partial charge in [-0.1, -0.05) is 6.42 Å². The molecule has 0 bridgehead atoms. The number of nitrogens with one attached hydrogen (secondary N) is 1. The molecule has 5 heteroatoms. The highest BCUT2D eigenvalue weighted by atomic mass is 19.4. The van der Waals surface area contributed by atoms with Crippen molar-refractivity contribution in [3.8, 4) is 0 Å². The number of piperidine rings is 1. The molecule has 0 radical (unpaired) electrons. The van der Waals surface area contributed by atoms with Gasteiger partial charge in [-0.3, -0.25) is 0 Å². The molecule has 0 aliphatic carbocycles. The van der Waals surface area contributed by atoms with Crippen LogP contribution in [0.15, 0.2) is 0 Å². The van der Waals surface area contributed by atoms with Crippen LogP contribution in [-0.2, 0) is 0 Å². The van der Waals surface area contributed by atoms with E-state index in [4.69, 9.17) is 0 Å². The van der Waals surface area contributed by atoms with E-state index in [0.717, 1.165) is 19.5 Å². The van der Waals surface area contributed by atoms with E-state index in [0.29, 0.717) is 6.42 Å². The molecule has 1 aliphatic rings. The fourth-order valence-corrected chi connectivity index (χ4v) is 2.54. The van der Waals surface area contributed by atoms with E-state index in [2.05, 4.69) is 10.2 Å². The minimum atomic E-state index is -4.01. The summed E-state index contributed by atoms with van der Waals surface area (Å²) in [6.07, 6.45) is 1.21. The second kappa shape index (κ2) is 8.80. The monoisotopic (exact) mass is 280 g/mol. The SMILES string of the molecule is CC(CCCC(F)(F)F)NCCCN1CCCCC1. The number of rotatable bonds is 8. The average Bonchev–Trinajstić information content (AvgIpc) is 2.34. The summed E-state index contributed by atoms with van der Waals surface area (Å²) in [6, 6.07) is 0.184. The van der Waals surface area contributed by atoms with Gasteiger partial charge in [0, 0.05) is 12.5 Å². The van der Waals surface area contributed by atoms with Crippen molar-refractivity contribution in [3.05, 3.63) is 0 Å². The summed E-state index contributed by atoms with van der Waals surface area (Å²) in [5, 5.41) is 3.31. The van der Waals surface area contributed by atoms with Crippen LogP contribution in [0, 0.1) is 0 Å². The lowest BCUT2D eigenvalue weighted by Crippen LogP contribution is -2.34. The van der Waals surface area contributed by atoms with Crippen molar-refractivity contribution in [2.45, 2.75) is 64.1 Å². The zero-order valence-electron chi connectivity index (χ0n) is 11.9. The highest BCUT2D eigenvalue weighted by molar-refractivity contribution is 4.67. The van der Waals surface area contributed by atoms with Crippen LogP contribution in [0.4, 0.5) is 13.2 Å². The van der Waals surface area contributed by atoms with Gasteiger partial charge in [0.15, 0.2) is 0 Å². The van der Waals surface area contributed by atoms with Gasteiger partial charge in [-0.05, 0) is 65.2 Å². The number of hydrogen-bond acceptors (Lipinski definition) is 2. The third-order valence-electron chi connectivity index (χ3n) is 3.69. The largest absolute Gasteiger partial charge is 0.389 e. The van der Waals surface area contributed by atoms with Crippen LogP contribution in [-0.4, -0.2) is 43.3 Å². The molecule has 1 atom stereocenters. The van der Waals surface area contributed by atoms with E-state index in [1.807, 2.05) is 6.92 Å². The topological polar surface area (TPSA) is 15.3 Å². The maximum atomic E-state index is 12.0. The fourth-order valence-electron chi connectivity index (χ4n) is 2.54. The summed E-state index contributed by atoms with van der Waals surface area (Å²) in [5.41, 5.74) is 0. The average molecular weight is 280 g/mol. The highest BCUT2D eigenvalue weighted by Crippen LogP contribution is 2.22. The molecule has 1 fully saturated rings. The van der Waals surface area contributed by atoms with Crippen molar-refractivity contribution in [1.29, 1.82) is 0 Å². The maximum Gasteiger partial charge on any atom is 0.389 e. The first-order valence-electron chi connectivity index (χ1n) is 7.50. The third-order valence-corrected chi connectivity index (χ3v) is 3.69. The molecule has 1 rings (SSSR count). The Balaban J connectivity index is 1.93. The normalized spacial score (nSPS) is 19.6. The Morgan fingerprint density at radius 3 is 2.42 bits per heavy atom. The zero-order valence-corrected chi connectivity index (χ0v) is 11.9. The van der Waals surface area contributed by atoms with E-state index in [1.165, 1.54) is 32.4 Å². The van der Waals surface area contributed by atoms with Crippen LogP contribution < -0.4 is 5.32 Å². The van der Waals surface area contributed by atoms with E-state index in [9.17, 15) is 13.2 Å². The van der Waals surface area contributed by atoms with Crippen molar-refractivity contribution in [3.63, 3.8) is 0 Å². The summed E-state index contributed by atoms with van der Waals surface area (Å²) in [5.74, 6) is 0. The smallest absolute Gasteiger partial charge is 0.314 e. The van der Waals surface area contributed by atoms with E-state index in [1.54, 1.807) is 0 Å². The van der Waals surface area contributed by atoms with Gasteiger partial charge in [-0.2, -0.15) is 13.2 Å². The van der Waals surface area contributed by atoms with Crippen LogP contribution in [0.1, 0.15) is 51.9 Å². The minimum absolute atomic E-state index is 0.184. The first-order valence-corrected chi connectivity index (χ1v) is 7.50. The predicted octanol–water partition coefficient (Wildman–Crippen LogP) is 3.57. The number of hydrogen-bond donors (Lipinski definition) is 1. The number of alkyl halides is 3. The number of likely N-dealkylation sites (tertiary alicyclic amines) is 1. The Morgan fingerprint density at radius 1 is 1.11 bits per heavy atom. The Kier molecular flexibility index (Phi) is 7.76. The van der Waals surface area contributed by atoms with Crippen molar-refractivity contribution in [2.75, 3.05) is 26.2 Å². The molecule has 0 spiro atoms. The second-order valence-electron chi connectivity index (χ2n) is 5.62. The van der Waals surface area contributed by atoms with E-state index >= 15 is 0 Å². The summed E-state index contributed by atoms with van der Waals surface area (Å²) in [6.45, 7) is 6.41. The minimum Gasteiger partial charge on any atom is -0.314 e. The Bertz CT molecular complexity index is 225. The van der Waals surface area contributed by atoms with Crippen LogP contribution in [0.25, 0.3) is 0 Å². The van der Waals surface area contributed by atoms with Crippen molar-refractivity contribution in [1.82, 2.24) is 10.2 Å². The molecular weight excluding hydrogens is 253 g/mol. The van der Waals surface area contributed by atoms with Crippen LogP contribution >= 0.6 is 0 Å². The maximum absolute atomic E-state index is 12.0. The molecule has 1 aliphatic heterocycles. The summed E-state index contributed by atoms with van der Waals surface area (Å²) in [4.78, 5) is 2.49. The van der Waals surface area contributed by atoms with Gasteiger partial charge in [0.1, 0.15) is 0 Å². The molecule has 0 amide bonds. The Morgan fingerprint density at radius 2 is 1.79 bits per heavy atom. The molecule has 1 heterocycles. The van der Waals surface area contributed by atoms with Crippen LogP contribution in [0.5, 0.6) is 0 Å². The Labute approximate surface area is 114 Å². The van der Waals surface area contributed by atoms with Gasteiger partial charge in [0.25, 0.3) is 0 Å². The molecule has 0 aromatic rings. The van der Waals surface area contributed by atoms with E-state index in [-0.39, 0.29) is 12.5 Å². The van der Waals surface area contributed by atoms with Crippen molar-refractivity contribution >= 4 is 0 Å². The van der Waals surface area contributed by atoms with Gasteiger partial charge < -0.3 is 10.2 Å². The lowest BCUT2D eigenvalue weighted by atomic mass is 10.1. The molecule has 1 saturated heterocycles. The number of nitrogens with zero attached hydrogens (tertiary/aromatic N) is 1. The molecule has 1 N–H and O–H groups in total. The molecule has 2 nitrogen and oxygen atoms in total. The standard InChI is InChI=1S/C14H27F3N2/c1-13(7-5-8-14(15,16)17)18-9-6-12-19-10-3-2-4-11-19/h13,18H,2-12H2,1H3. The van der Waals surface area contributed by atoms with Crippen molar-refractivity contribution < 1.29 is 13.2 Å². The second-order valence-corrected chi connectivity index (χ2v) is 5.62. The lowest BCUT2D eigenvalue weighted by Gasteiger charge is -2.26. The van der Waals surface area contributed by atoms with Gasteiger partial charge >= 0.3 is 6.18 Å². The lowest BCUT2D eigenvalue weighted by molar-refractivity contribution is -0.135. The zero-order chi connectivity index (χ0) is 14.1. The van der Waals surface area contributed by atoms with Crippen molar-refractivity contribution in [2.24, 2.45) is 0 Å². The quantitative estimate of drug-likeness (QED) is 0.684. The number of halogens is 3. The highest BCUT2D eigenvalue weighted by Gasteiger charge is 2.26. The van der Waals surface area contributed by atoms with Gasteiger partial charge in [-0.25, -0.2) is 0 Å². The third kappa shape index (κ3) is 9.27. The summed E-state index contributed by atoms with van der Waals surface area (Å²) >= 11 is 0. The van der Waals surface area contributed by atoms with Crippen LogP contribution in [0.3, 0.4) is 0 Å². The molecular formula is C14H27F3N2. The molecule has 0 aromatic carbocycles. The summed E-state index contributed by atoms with van der Waals surface area (Å²) < 4.78 is 36.0.